The van der Waals surface area contributed by atoms with Crippen molar-refractivity contribution in [3.63, 3.8) is 0 Å². The number of rotatable bonds is 12. The van der Waals surface area contributed by atoms with E-state index in [1.54, 1.807) is 25.3 Å². The van der Waals surface area contributed by atoms with E-state index < -0.39 is 15.6 Å². The first kappa shape index (κ1) is 30.0. The van der Waals surface area contributed by atoms with Crippen molar-refractivity contribution in [2.24, 2.45) is 0 Å². The molecule has 222 valence electrons. The predicted octanol–water partition coefficient (Wildman–Crippen LogP) is 6.20. The van der Waals surface area contributed by atoms with Gasteiger partial charge in [-0.2, -0.15) is 4.72 Å². The number of pyridine rings is 1. The van der Waals surface area contributed by atoms with Crippen molar-refractivity contribution in [3.05, 3.63) is 95.9 Å². The van der Waals surface area contributed by atoms with Crippen molar-refractivity contribution in [3.8, 4) is 0 Å². The molecule has 1 atom stereocenters. The molecular formula is C34H42N4O3S. The first-order valence-corrected chi connectivity index (χ1v) is 16.6. The fourth-order valence-corrected chi connectivity index (χ4v) is 7.64. The fraction of sp³-hybridized carbons (Fsp3) is 0.412. The molecule has 1 saturated carbocycles. The number of hydrogen-bond donors (Lipinski definition) is 3. The molecule has 4 aromatic rings. The Morgan fingerprint density at radius 1 is 1.00 bits per heavy atom. The van der Waals surface area contributed by atoms with Crippen LogP contribution in [0, 0.1) is 0 Å². The van der Waals surface area contributed by atoms with Gasteiger partial charge in [0.15, 0.2) is 0 Å². The number of aromatic nitrogens is 2. The lowest BCUT2D eigenvalue weighted by atomic mass is 9.71. The summed E-state index contributed by atoms with van der Waals surface area (Å²) in [5, 5.41) is 4.15. The Bertz CT molecular complexity index is 1590. The van der Waals surface area contributed by atoms with Gasteiger partial charge in [0, 0.05) is 47.4 Å². The number of carbonyl (C=O) groups is 1. The van der Waals surface area contributed by atoms with Gasteiger partial charge in [-0.3, -0.25) is 9.78 Å². The average molecular weight is 587 g/mol. The van der Waals surface area contributed by atoms with Crippen LogP contribution in [0.2, 0.25) is 0 Å². The van der Waals surface area contributed by atoms with Crippen LogP contribution in [0.15, 0.2) is 84.0 Å². The quantitative estimate of drug-likeness (QED) is 0.184. The van der Waals surface area contributed by atoms with E-state index in [0.717, 1.165) is 79.1 Å². The van der Waals surface area contributed by atoms with Crippen LogP contribution < -0.4 is 10.0 Å². The number of sulfonamides is 1. The van der Waals surface area contributed by atoms with E-state index in [1.165, 1.54) is 0 Å². The van der Waals surface area contributed by atoms with Crippen molar-refractivity contribution >= 4 is 26.8 Å². The third-order valence-electron chi connectivity index (χ3n) is 8.74. The third-order valence-corrected chi connectivity index (χ3v) is 10.4. The lowest BCUT2D eigenvalue weighted by molar-refractivity contribution is -0.126. The number of para-hydroxylation sites is 1. The van der Waals surface area contributed by atoms with Gasteiger partial charge in [-0.1, -0.05) is 69.0 Å². The SMILES string of the molecule is CCCCc1ccc(S(=O)(=O)N[C@@](C)(Cc2c[nH]c3ccccc23)C(=O)NCC2(c3ccccn3)CCCCC2)cc1. The monoisotopic (exact) mass is 586 g/mol. The molecule has 1 fully saturated rings. The average Bonchev–Trinajstić information content (AvgIpc) is 3.42. The number of fused-ring (bicyclic) bond motifs is 1. The van der Waals surface area contributed by atoms with Crippen LogP contribution in [-0.2, 0) is 33.1 Å². The molecule has 2 aromatic carbocycles. The third kappa shape index (κ3) is 6.60. The van der Waals surface area contributed by atoms with Crippen molar-refractivity contribution < 1.29 is 13.2 Å². The maximum atomic E-state index is 14.2. The van der Waals surface area contributed by atoms with Crippen molar-refractivity contribution in [2.45, 2.75) is 87.5 Å². The largest absolute Gasteiger partial charge is 0.361 e. The van der Waals surface area contributed by atoms with Gasteiger partial charge in [0.2, 0.25) is 15.9 Å². The molecule has 0 aliphatic heterocycles. The molecule has 0 saturated heterocycles. The molecule has 1 aliphatic rings. The summed E-state index contributed by atoms with van der Waals surface area (Å²) < 4.78 is 30.3. The zero-order valence-corrected chi connectivity index (χ0v) is 25.5. The minimum absolute atomic E-state index is 0.151. The van der Waals surface area contributed by atoms with E-state index in [2.05, 4.69) is 26.9 Å². The molecule has 8 heteroatoms. The Labute approximate surface area is 249 Å². The highest BCUT2D eigenvalue weighted by Crippen LogP contribution is 2.38. The van der Waals surface area contributed by atoms with Crippen LogP contribution in [0.4, 0.5) is 0 Å². The molecule has 2 aromatic heterocycles. The molecule has 1 amide bonds. The van der Waals surface area contributed by atoms with Crippen LogP contribution in [0.3, 0.4) is 0 Å². The number of aryl methyl sites for hydroxylation is 1. The van der Waals surface area contributed by atoms with E-state index >= 15 is 0 Å². The van der Waals surface area contributed by atoms with Crippen molar-refractivity contribution in [1.82, 2.24) is 20.0 Å². The summed E-state index contributed by atoms with van der Waals surface area (Å²) in [6.07, 6.45) is 12.0. The number of unbranched alkanes of at least 4 members (excludes halogenated alkanes) is 1. The van der Waals surface area contributed by atoms with Gasteiger partial charge in [0.1, 0.15) is 5.54 Å². The summed E-state index contributed by atoms with van der Waals surface area (Å²) in [7, 11) is -4.00. The van der Waals surface area contributed by atoms with E-state index in [0.29, 0.717) is 6.54 Å². The zero-order valence-electron chi connectivity index (χ0n) is 24.7. The predicted molar refractivity (Wildman–Crippen MR) is 168 cm³/mol. The van der Waals surface area contributed by atoms with E-state index in [9.17, 15) is 13.2 Å². The maximum Gasteiger partial charge on any atom is 0.241 e. The van der Waals surface area contributed by atoms with E-state index in [-0.39, 0.29) is 22.6 Å². The fourth-order valence-electron chi connectivity index (χ4n) is 6.27. The summed E-state index contributed by atoms with van der Waals surface area (Å²) in [5.41, 5.74) is 2.18. The highest BCUT2D eigenvalue weighted by atomic mass is 32.2. The zero-order chi connectivity index (χ0) is 29.6. The van der Waals surface area contributed by atoms with E-state index in [4.69, 9.17) is 0 Å². The number of carbonyl (C=O) groups excluding carboxylic acids is 1. The van der Waals surface area contributed by atoms with Gasteiger partial charge in [-0.15, -0.1) is 0 Å². The van der Waals surface area contributed by atoms with Crippen LogP contribution in [0.1, 0.15) is 75.6 Å². The Kier molecular flexibility index (Phi) is 9.13. The summed E-state index contributed by atoms with van der Waals surface area (Å²) in [5.74, 6) is -0.350. The normalized spacial score (nSPS) is 16.6. The first-order valence-electron chi connectivity index (χ1n) is 15.1. The highest BCUT2D eigenvalue weighted by molar-refractivity contribution is 7.89. The second-order valence-electron chi connectivity index (χ2n) is 12.0. The Balaban J connectivity index is 1.44. The lowest BCUT2D eigenvalue weighted by Crippen LogP contribution is -2.59. The Morgan fingerprint density at radius 3 is 2.45 bits per heavy atom. The highest BCUT2D eigenvalue weighted by Gasteiger charge is 2.41. The topological polar surface area (TPSA) is 104 Å². The number of nitrogens with one attached hydrogen (secondary N) is 3. The minimum Gasteiger partial charge on any atom is -0.361 e. The molecular weight excluding hydrogens is 544 g/mol. The van der Waals surface area contributed by atoms with Crippen LogP contribution >= 0.6 is 0 Å². The van der Waals surface area contributed by atoms with Crippen LogP contribution in [0.5, 0.6) is 0 Å². The molecule has 42 heavy (non-hydrogen) atoms. The summed E-state index contributed by atoms with van der Waals surface area (Å²) in [4.78, 5) is 22.2. The molecule has 5 rings (SSSR count). The molecule has 7 nitrogen and oxygen atoms in total. The second-order valence-corrected chi connectivity index (χ2v) is 13.6. The summed E-state index contributed by atoms with van der Waals surface area (Å²) in [6, 6.07) is 20.8. The second kappa shape index (κ2) is 12.8. The number of hydrogen-bond acceptors (Lipinski definition) is 4. The number of benzene rings is 2. The summed E-state index contributed by atoms with van der Waals surface area (Å²) >= 11 is 0. The van der Waals surface area contributed by atoms with Crippen molar-refractivity contribution in [2.75, 3.05) is 6.54 Å². The van der Waals surface area contributed by atoms with Gasteiger partial charge in [-0.05, 0) is 74.1 Å². The van der Waals surface area contributed by atoms with Gasteiger partial charge in [0.05, 0.1) is 4.90 Å². The number of nitrogens with zero attached hydrogens (tertiary/aromatic N) is 1. The van der Waals surface area contributed by atoms with Crippen LogP contribution in [-0.4, -0.2) is 36.4 Å². The van der Waals surface area contributed by atoms with Crippen LogP contribution in [0.25, 0.3) is 10.9 Å². The van der Waals surface area contributed by atoms with E-state index in [1.807, 2.05) is 60.8 Å². The first-order chi connectivity index (χ1) is 20.2. The molecule has 2 heterocycles. The van der Waals surface area contributed by atoms with Crippen molar-refractivity contribution in [1.29, 1.82) is 0 Å². The lowest BCUT2D eigenvalue weighted by Gasteiger charge is -2.38. The van der Waals surface area contributed by atoms with Gasteiger partial charge < -0.3 is 10.3 Å². The van der Waals surface area contributed by atoms with Gasteiger partial charge >= 0.3 is 0 Å². The minimum atomic E-state index is -4.00. The molecule has 0 radical (unpaired) electrons. The number of aromatic amines is 1. The molecule has 1 aliphatic carbocycles. The smallest absolute Gasteiger partial charge is 0.241 e. The molecule has 0 bridgehead atoms. The Hall–Kier alpha value is -3.49. The maximum absolute atomic E-state index is 14.2. The standard InChI is InChI=1S/C34H42N4O3S/c1-3-4-12-26-16-18-28(19-17-26)42(40,41)38-33(2,23-27-24-36-30-14-7-6-13-29(27)30)32(39)37-25-34(20-9-5-10-21-34)31-15-8-11-22-35-31/h6-8,11,13-19,22,24,36,38H,3-5,9-10,12,20-21,23,25H2,1-2H3,(H,37,39)/t33-/m0/s1. The van der Waals surface area contributed by atoms with Gasteiger partial charge in [-0.25, -0.2) is 8.42 Å². The molecule has 0 spiro atoms. The number of amides is 1. The number of H-pyrrole nitrogens is 1. The summed E-state index contributed by atoms with van der Waals surface area (Å²) in [6.45, 7) is 4.22. The van der Waals surface area contributed by atoms with Gasteiger partial charge in [0.25, 0.3) is 0 Å². The molecule has 0 unspecified atom stereocenters. The Morgan fingerprint density at radius 2 is 1.74 bits per heavy atom. The molecule has 3 N–H and O–H groups in total.